The SMILES string of the molecule is CCN(CC)C(CC1CCC(C(C)(N)c2sccc2C)CC1)c1nc(Cc2ccccc2)c(N2CCC(Cc3ccccc3)CC2)o1. The Morgan fingerprint density at radius 1 is 0.894 bits per heavy atom. The van der Waals surface area contributed by atoms with Gasteiger partial charge in [-0.2, -0.15) is 0 Å². The molecule has 6 heteroatoms. The van der Waals surface area contributed by atoms with Crippen LogP contribution in [-0.2, 0) is 18.4 Å². The molecule has 0 radical (unpaired) electrons. The lowest BCUT2D eigenvalue weighted by molar-refractivity contribution is 0.122. The zero-order valence-electron chi connectivity index (χ0n) is 29.2. The molecular formula is C41H56N4OS. The summed E-state index contributed by atoms with van der Waals surface area (Å²) in [6.45, 7) is 13.1. The fraction of sp³-hybridized carbons (Fsp3) is 0.537. The van der Waals surface area contributed by atoms with Gasteiger partial charge in [-0.15, -0.1) is 11.3 Å². The van der Waals surface area contributed by atoms with Crippen molar-refractivity contribution in [3.8, 4) is 0 Å². The largest absolute Gasteiger partial charge is 0.423 e. The number of anilines is 1. The number of hydrogen-bond donors (Lipinski definition) is 1. The summed E-state index contributed by atoms with van der Waals surface area (Å²) < 4.78 is 6.96. The number of rotatable bonds is 13. The summed E-state index contributed by atoms with van der Waals surface area (Å²) in [5.41, 5.74) is 12.0. The molecule has 47 heavy (non-hydrogen) atoms. The molecule has 2 N–H and O–H groups in total. The first-order chi connectivity index (χ1) is 22.9. The Balaban J connectivity index is 1.19. The minimum absolute atomic E-state index is 0.189. The summed E-state index contributed by atoms with van der Waals surface area (Å²) in [5.74, 6) is 3.82. The highest BCUT2D eigenvalue weighted by atomic mass is 32.1. The normalized spacial score (nSPS) is 21.2. The Kier molecular flexibility index (Phi) is 11.2. The molecule has 2 fully saturated rings. The molecular weight excluding hydrogens is 597 g/mol. The summed E-state index contributed by atoms with van der Waals surface area (Å²) in [5, 5.41) is 2.19. The van der Waals surface area contributed by atoms with Crippen LogP contribution in [0.15, 0.2) is 76.5 Å². The van der Waals surface area contributed by atoms with Gasteiger partial charge >= 0.3 is 0 Å². The third-order valence-electron chi connectivity index (χ3n) is 11.3. The van der Waals surface area contributed by atoms with Crippen LogP contribution in [0.1, 0.15) is 105 Å². The van der Waals surface area contributed by atoms with Crippen molar-refractivity contribution in [3.63, 3.8) is 0 Å². The van der Waals surface area contributed by atoms with Gasteiger partial charge < -0.3 is 15.1 Å². The standard InChI is InChI=1S/C41H56N4OS/c1-5-44(6-2)37(29-33-17-19-35(20-18-33)41(4,42)38-30(3)23-26-47-38)39-43-36(28-32-15-11-8-12-16-32)40(46-39)45-24-21-34(22-25-45)27-31-13-9-7-10-14-31/h7-16,23,26,33-35,37H,5-6,17-22,24-25,27-29,42H2,1-4H3. The van der Waals surface area contributed by atoms with Crippen LogP contribution in [0.4, 0.5) is 5.88 Å². The Hall–Kier alpha value is -2.93. The quantitative estimate of drug-likeness (QED) is 0.156. The first-order valence-corrected chi connectivity index (χ1v) is 19.1. The highest BCUT2D eigenvalue weighted by molar-refractivity contribution is 7.10. The molecule has 1 saturated carbocycles. The lowest BCUT2D eigenvalue weighted by Gasteiger charge is -2.40. The average molecular weight is 653 g/mol. The predicted molar refractivity (Wildman–Crippen MR) is 197 cm³/mol. The third kappa shape index (κ3) is 8.04. The third-order valence-corrected chi connectivity index (χ3v) is 12.6. The van der Waals surface area contributed by atoms with Crippen LogP contribution in [0, 0.1) is 24.7 Å². The molecule has 2 atom stereocenters. The number of hydrogen-bond acceptors (Lipinski definition) is 6. The molecule has 2 aliphatic rings. The number of oxazole rings is 1. The van der Waals surface area contributed by atoms with E-state index >= 15 is 0 Å². The van der Waals surface area contributed by atoms with Crippen molar-refractivity contribution in [2.24, 2.45) is 23.5 Å². The molecule has 2 aromatic carbocycles. The van der Waals surface area contributed by atoms with Crippen LogP contribution < -0.4 is 10.6 Å². The summed E-state index contributed by atoms with van der Waals surface area (Å²) in [7, 11) is 0. The van der Waals surface area contributed by atoms with Gasteiger partial charge in [0.1, 0.15) is 5.69 Å². The van der Waals surface area contributed by atoms with Crippen LogP contribution in [0.3, 0.4) is 0 Å². The second-order valence-electron chi connectivity index (χ2n) is 14.5. The first-order valence-electron chi connectivity index (χ1n) is 18.3. The highest BCUT2D eigenvalue weighted by Gasteiger charge is 2.38. The van der Waals surface area contributed by atoms with Crippen molar-refractivity contribution in [1.82, 2.24) is 9.88 Å². The van der Waals surface area contributed by atoms with Crippen LogP contribution in [0.25, 0.3) is 0 Å². The first kappa shape index (κ1) is 34.0. The van der Waals surface area contributed by atoms with E-state index in [1.165, 1.54) is 60.1 Å². The Morgan fingerprint density at radius 3 is 2.13 bits per heavy atom. The second-order valence-corrected chi connectivity index (χ2v) is 15.4. The van der Waals surface area contributed by atoms with Crippen LogP contribution in [0.5, 0.6) is 0 Å². The van der Waals surface area contributed by atoms with Gasteiger partial charge in [0.05, 0.1) is 11.6 Å². The Bertz CT molecular complexity index is 1510. The lowest BCUT2D eigenvalue weighted by atomic mass is 9.70. The highest BCUT2D eigenvalue weighted by Crippen LogP contribution is 2.45. The molecule has 2 aromatic heterocycles. The lowest BCUT2D eigenvalue weighted by Crippen LogP contribution is -2.43. The van der Waals surface area contributed by atoms with Crippen molar-refractivity contribution < 1.29 is 4.42 Å². The van der Waals surface area contributed by atoms with E-state index in [4.69, 9.17) is 15.1 Å². The smallest absolute Gasteiger partial charge is 0.219 e. The van der Waals surface area contributed by atoms with Crippen molar-refractivity contribution >= 4 is 17.2 Å². The van der Waals surface area contributed by atoms with E-state index in [1.54, 1.807) is 0 Å². The summed E-state index contributed by atoms with van der Waals surface area (Å²) in [6.07, 6.45) is 10.2. The number of aromatic nitrogens is 1. The minimum atomic E-state index is -0.250. The van der Waals surface area contributed by atoms with Crippen LogP contribution in [-0.4, -0.2) is 36.1 Å². The molecule has 1 saturated heterocycles. The van der Waals surface area contributed by atoms with Crippen molar-refractivity contribution in [2.45, 2.75) is 97.1 Å². The monoisotopic (exact) mass is 652 g/mol. The maximum atomic E-state index is 7.06. The fourth-order valence-corrected chi connectivity index (χ4v) is 9.52. The van der Waals surface area contributed by atoms with E-state index in [0.717, 1.165) is 62.9 Å². The van der Waals surface area contributed by atoms with Gasteiger partial charge in [0.2, 0.25) is 11.8 Å². The Labute approximate surface area is 287 Å². The van der Waals surface area contributed by atoms with E-state index in [9.17, 15) is 0 Å². The molecule has 2 unspecified atom stereocenters. The van der Waals surface area contributed by atoms with Crippen molar-refractivity contribution in [2.75, 3.05) is 31.1 Å². The van der Waals surface area contributed by atoms with Crippen molar-refractivity contribution in [3.05, 3.63) is 105 Å². The number of benzene rings is 2. The predicted octanol–water partition coefficient (Wildman–Crippen LogP) is 9.55. The van der Waals surface area contributed by atoms with Gasteiger partial charge in [-0.1, -0.05) is 87.4 Å². The van der Waals surface area contributed by atoms with E-state index in [1.807, 2.05) is 11.3 Å². The number of nitrogens with two attached hydrogens (primary N) is 1. The number of piperidine rings is 1. The van der Waals surface area contributed by atoms with Crippen LogP contribution in [0.2, 0.25) is 0 Å². The number of thiophene rings is 1. The zero-order chi connectivity index (χ0) is 32.8. The molecule has 1 aliphatic heterocycles. The molecule has 6 rings (SSSR count). The fourth-order valence-electron chi connectivity index (χ4n) is 8.44. The van der Waals surface area contributed by atoms with Gasteiger partial charge in [-0.05, 0) is 111 Å². The van der Waals surface area contributed by atoms with E-state index < -0.39 is 0 Å². The van der Waals surface area contributed by atoms with Crippen LogP contribution >= 0.6 is 11.3 Å². The molecule has 5 nitrogen and oxygen atoms in total. The maximum absolute atomic E-state index is 7.06. The number of nitrogens with zero attached hydrogens (tertiary/aromatic N) is 3. The zero-order valence-corrected chi connectivity index (χ0v) is 30.0. The molecule has 252 valence electrons. The van der Waals surface area contributed by atoms with Crippen molar-refractivity contribution in [1.29, 1.82) is 0 Å². The summed E-state index contributed by atoms with van der Waals surface area (Å²) >= 11 is 1.83. The van der Waals surface area contributed by atoms with Gasteiger partial charge in [0, 0.05) is 24.4 Å². The summed E-state index contributed by atoms with van der Waals surface area (Å²) in [6, 6.07) is 24.2. The molecule has 0 bridgehead atoms. The van der Waals surface area contributed by atoms with E-state index in [2.05, 4.69) is 110 Å². The number of aryl methyl sites for hydroxylation is 1. The van der Waals surface area contributed by atoms with Gasteiger partial charge in [0.25, 0.3) is 0 Å². The maximum Gasteiger partial charge on any atom is 0.219 e. The van der Waals surface area contributed by atoms with Gasteiger partial charge in [-0.3, -0.25) is 4.90 Å². The van der Waals surface area contributed by atoms with Gasteiger partial charge in [-0.25, -0.2) is 4.98 Å². The molecule has 0 amide bonds. The van der Waals surface area contributed by atoms with E-state index in [0.29, 0.717) is 17.8 Å². The van der Waals surface area contributed by atoms with E-state index in [-0.39, 0.29) is 11.6 Å². The minimum Gasteiger partial charge on any atom is -0.423 e. The van der Waals surface area contributed by atoms with Gasteiger partial charge in [0.15, 0.2) is 0 Å². The molecule has 1 aliphatic carbocycles. The molecule has 4 aromatic rings. The topological polar surface area (TPSA) is 58.5 Å². The average Bonchev–Trinajstić information content (AvgIpc) is 3.73. The second kappa shape index (κ2) is 15.5. The Morgan fingerprint density at radius 2 is 1.53 bits per heavy atom. The molecule has 0 spiro atoms. The molecule has 3 heterocycles. The summed E-state index contributed by atoms with van der Waals surface area (Å²) in [4.78, 5) is 11.8.